The van der Waals surface area contributed by atoms with E-state index in [-0.39, 0.29) is 0 Å². The van der Waals surface area contributed by atoms with Gasteiger partial charge in [-0.05, 0) is 24.3 Å². The van der Waals surface area contributed by atoms with Gasteiger partial charge < -0.3 is 5.32 Å². The lowest BCUT2D eigenvalue weighted by Crippen LogP contribution is -1.97. The highest BCUT2D eigenvalue weighted by molar-refractivity contribution is 5.71. The fourth-order valence-corrected chi connectivity index (χ4v) is 1.12. The molecule has 1 N–H and O–H groups in total. The van der Waals surface area contributed by atoms with E-state index in [0.29, 0.717) is 6.41 Å². The summed E-state index contributed by atoms with van der Waals surface area (Å²) in [6, 6.07) is 7.29. The Morgan fingerprint density at radius 1 is 1.29 bits per heavy atom. The van der Waals surface area contributed by atoms with Crippen molar-refractivity contribution in [2.45, 2.75) is 0 Å². The number of rotatable bonds is 3. The Labute approximate surface area is 80.4 Å². The summed E-state index contributed by atoms with van der Waals surface area (Å²) in [4.78, 5) is 10.1. The van der Waals surface area contributed by atoms with Crippen LogP contribution in [-0.2, 0) is 4.79 Å². The predicted molar refractivity (Wildman–Crippen MR) is 51.0 cm³/mol. The Morgan fingerprint density at radius 2 is 2.07 bits per heavy atom. The maximum Gasteiger partial charge on any atom is 0.211 e. The van der Waals surface area contributed by atoms with E-state index >= 15 is 0 Å². The van der Waals surface area contributed by atoms with Crippen molar-refractivity contribution < 1.29 is 4.79 Å². The molecular formula is C9H8N4O. The average Bonchev–Trinajstić information content (AvgIpc) is 2.72. The van der Waals surface area contributed by atoms with Gasteiger partial charge in [0.15, 0.2) is 0 Å². The molecule has 1 aromatic heterocycles. The number of hydrogen-bond donors (Lipinski definition) is 1. The van der Waals surface area contributed by atoms with Gasteiger partial charge in [-0.2, -0.15) is 0 Å². The molecule has 70 valence electrons. The minimum atomic E-state index is 0.643. The lowest BCUT2D eigenvalue weighted by molar-refractivity contribution is -0.105. The van der Waals surface area contributed by atoms with Gasteiger partial charge in [-0.25, -0.2) is 4.68 Å². The second-order valence-electron chi connectivity index (χ2n) is 2.66. The van der Waals surface area contributed by atoms with Crippen LogP contribution in [-0.4, -0.2) is 21.4 Å². The molecule has 5 nitrogen and oxygen atoms in total. The van der Waals surface area contributed by atoms with E-state index < -0.39 is 0 Å². The highest BCUT2D eigenvalue weighted by Gasteiger charge is 1.96. The SMILES string of the molecule is O=CNc1ccc(-n2ccnn2)cc1. The Kier molecular flexibility index (Phi) is 2.22. The lowest BCUT2D eigenvalue weighted by Gasteiger charge is -2.01. The Hall–Kier alpha value is -2.17. The van der Waals surface area contributed by atoms with Gasteiger partial charge >= 0.3 is 0 Å². The van der Waals surface area contributed by atoms with Gasteiger partial charge in [-0.3, -0.25) is 4.79 Å². The summed E-state index contributed by atoms with van der Waals surface area (Å²) in [7, 11) is 0. The quantitative estimate of drug-likeness (QED) is 0.726. The molecule has 0 saturated carbocycles. The molecule has 2 rings (SSSR count). The van der Waals surface area contributed by atoms with Crippen LogP contribution >= 0.6 is 0 Å². The molecule has 0 spiro atoms. The first kappa shape index (κ1) is 8.43. The van der Waals surface area contributed by atoms with E-state index in [0.717, 1.165) is 11.4 Å². The Morgan fingerprint density at radius 3 is 2.64 bits per heavy atom. The van der Waals surface area contributed by atoms with Crippen LogP contribution in [0, 0.1) is 0 Å². The molecule has 0 bridgehead atoms. The maximum absolute atomic E-state index is 10.1. The largest absolute Gasteiger partial charge is 0.329 e. The third kappa shape index (κ3) is 1.61. The number of benzene rings is 1. The molecule has 0 radical (unpaired) electrons. The standard InChI is InChI=1S/C9H8N4O/c14-7-10-8-1-3-9(4-2-8)13-6-5-11-12-13/h1-7H,(H,10,14). The van der Waals surface area contributed by atoms with E-state index in [1.807, 2.05) is 12.1 Å². The number of nitrogens with one attached hydrogen (secondary N) is 1. The molecule has 0 fully saturated rings. The molecule has 2 aromatic rings. The topological polar surface area (TPSA) is 59.8 Å². The van der Waals surface area contributed by atoms with Gasteiger partial charge in [0.1, 0.15) is 0 Å². The van der Waals surface area contributed by atoms with Crippen molar-refractivity contribution in [2.75, 3.05) is 5.32 Å². The third-order valence-corrected chi connectivity index (χ3v) is 1.78. The first-order valence-electron chi connectivity index (χ1n) is 4.07. The zero-order chi connectivity index (χ0) is 9.80. The van der Waals surface area contributed by atoms with Crippen LogP contribution in [0.4, 0.5) is 5.69 Å². The average molecular weight is 188 g/mol. The minimum Gasteiger partial charge on any atom is -0.329 e. The molecule has 0 saturated heterocycles. The Bertz CT molecular complexity index is 407. The molecule has 5 heteroatoms. The highest BCUT2D eigenvalue weighted by Crippen LogP contribution is 2.10. The molecule has 0 aliphatic carbocycles. The molecule has 1 aromatic carbocycles. The van der Waals surface area contributed by atoms with E-state index in [9.17, 15) is 4.79 Å². The van der Waals surface area contributed by atoms with Gasteiger partial charge in [0.2, 0.25) is 6.41 Å². The fourth-order valence-electron chi connectivity index (χ4n) is 1.12. The van der Waals surface area contributed by atoms with Crippen LogP contribution in [0.2, 0.25) is 0 Å². The molecule has 1 amide bonds. The van der Waals surface area contributed by atoms with Crippen molar-refractivity contribution in [1.29, 1.82) is 0 Å². The first-order chi connectivity index (χ1) is 6.90. The number of anilines is 1. The molecule has 0 aliphatic rings. The van der Waals surface area contributed by atoms with Crippen molar-refractivity contribution in [3.8, 4) is 5.69 Å². The summed E-state index contributed by atoms with van der Waals surface area (Å²) in [5, 5.41) is 10.1. The third-order valence-electron chi connectivity index (χ3n) is 1.78. The van der Waals surface area contributed by atoms with Crippen molar-refractivity contribution in [2.24, 2.45) is 0 Å². The normalized spacial score (nSPS) is 9.71. The van der Waals surface area contributed by atoms with Gasteiger partial charge in [0.05, 0.1) is 18.1 Å². The number of nitrogens with zero attached hydrogens (tertiary/aromatic N) is 3. The smallest absolute Gasteiger partial charge is 0.211 e. The lowest BCUT2D eigenvalue weighted by atomic mass is 10.3. The van der Waals surface area contributed by atoms with Gasteiger partial charge in [0, 0.05) is 5.69 Å². The van der Waals surface area contributed by atoms with Gasteiger partial charge in [0.25, 0.3) is 0 Å². The van der Waals surface area contributed by atoms with Crippen LogP contribution in [0.3, 0.4) is 0 Å². The van der Waals surface area contributed by atoms with Crippen LogP contribution in [0.25, 0.3) is 5.69 Å². The van der Waals surface area contributed by atoms with Crippen LogP contribution in [0.5, 0.6) is 0 Å². The molecule has 0 atom stereocenters. The van der Waals surface area contributed by atoms with Crippen LogP contribution in [0.15, 0.2) is 36.7 Å². The fraction of sp³-hybridized carbons (Fsp3) is 0. The number of carbonyl (C=O) groups is 1. The molecular weight excluding hydrogens is 180 g/mol. The number of hydrogen-bond acceptors (Lipinski definition) is 3. The number of aromatic nitrogens is 3. The summed E-state index contributed by atoms with van der Waals surface area (Å²) in [5.74, 6) is 0. The monoisotopic (exact) mass is 188 g/mol. The molecule has 1 heterocycles. The van der Waals surface area contributed by atoms with E-state index in [4.69, 9.17) is 0 Å². The number of carbonyl (C=O) groups excluding carboxylic acids is 1. The van der Waals surface area contributed by atoms with E-state index in [1.165, 1.54) is 0 Å². The Balaban J connectivity index is 2.26. The first-order valence-corrected chi connectivity index (χ1v) is 4.07. The summed E-state index contributed by atoms with van der Waals surface area (Å²) >= 11 is 0. The van der Waals surface area contributed by atoms with Gasteiger partial charge in [-0.1, -0.05) is 5.21 Å². The van der Waals surface area contributed by atoms with E-state index in [2.05, 4.69) is 15.6 Å². The van der Waals surface area contributed by atoms with Crippen LogP contribution in [0.1, 0.15) is 0 Å². The second kappa shape index (κ2) is 3.69. The summed E-state index contributed by atoms with van der Waals surface area (Å²) in [6.07, 6.45) is 4.00. The van der Waals surface area contributed by atoms with Gasteiger partial charge in [-0.15, -0.1) is 5.10 Å². The van der Waals surface area contributed by atoms with Crippen LogP contribution < -0.4 is 5.32 Å². The molecule has 0 aliphatic heterocycles. The van der Waals surface area contributed by atoms with Crippen molar-refractivity contribution in [3.05, 3.63) is 36.7 Å². The highest BCUT2D eigenvalue weighted by atomic mass is 16.1. The predicted octanol–water partition coefficient (Wildman–Crippen LogP) is 0.836. The molecule has 0 unspecified atom stereocenters. The molecule has 14 heavy (non-hydrogen) atoms. The zero-order valence-electron chi connectivity index (χ0n) is 7.29. The van der Waals surface area contributed by atoms with E-state index in [1.54, 1.807) is 29.2 Å². The van der Waals surface area contributed by atoms with Crippen molar-refractivity contribution >= 4 is 12.1 Å². The van der Waals surface area contributed by atoms with Crippen molar-refractivity contribution in [1.82, 2.24) is 15.0 Å². The maximum atomic E-state index is 10.1. The minimum absolute atomic E-state index is 0.643. The zero-order valence-corrected chi connectivity index (χ0v) is 7.29. The number of amides is 1. The van der Waals surface area contributed by atoms with Crippen molar-refractivity contribution in [3.63, 3.8) is 0 Å². The summed E-state index contributed by atoms with van der Waals surface area (Å²) in [5.41, 5.74) is 1.66. The second-order valence-corrected chi connectivity index (χ2v) is 2.66. The summed E-state index contributed by atoms with van der Waals surface area (Å²) < 4.78 is 1.64. The summed E-state index contributed by atoms with van der Waals surface area (Å²) in [6.45, 7) is 0.